The van der Waals surface area contributed by atoms with Crippen LogP contribution in [-0.4, -0.2) is 33.4 Å². The predicted molar refractivity (Wildman–Crippen MR) is 360 cm³/mol. The van der Waals surface area contributed by atoms with Crippen molar-refractivity contribution >= 4 is 68.0 Å². The first-order valence-electron chi connectivity index (χ1n) is 29.2. The number of nitrogens with zero attached hydrogens (tertiary/aromatic N) is 4. The minimum absolute atomic E-state index is 0. The lowest BCUT2D eigenvalue weighted by atomic mass is 10.00. The summed E-state index contributed by atoms with van der Waals surface area (Å²) in [5.74, 6) is 0. The molecule has 0 spiro atoms. The smallest absolute Gasteiger partial charge is 0.415 e. The van der Waals surface area contributed by atoms with Crippen LogP contribution < -0.4 is 9.80 Å². The summed E-state index contributed by atoms with van der Waals surface area (Å²) in [5.41, 5.74) is 15.2. The van der Waals surface area contributed by atoms with Crippen LogP contribution in [0.2, 0.25) is 0 Å². The van der Waals surface area contributed by atoms with E-state index in [1.54, 1.807) is 9.80 Å². The molecule has 2 aromatic heterocycles. The van der Waals surface area contributed by atoms with Gasteiger partial charge in [-0.1, -0.05) is 164 Å². The molecule has 0 fully saturated rings. The van der Waals surface area contributed by atoms with Gasteiger partial charge in [-0.15, -0.1) is 0 Å². The van der Waals surface area contributed by atoms with Crippen molar-refractivity contribution in [2.24, 2.45) is 0 Å². The minimum Gasteiger partial charge on any atom is -0.443 e. The van der Waals surface area contributed by atoms with Gasteiger partial charge in [0, 0.05) is 36.8 Å². The number of halogens is 1. The van der Waals surface area contributed by atoms with Crippen molar-refractivity contribution in [3.63, 3.8) is 0 Å². The third-order valence-electron chi connectivity index (χ3n) is 14.2. The Balaban J connectivity index is 0.000000172. The van der Waals surface area contributed by atoms with Crippen LogP contribution in [0.15, 0.2) is 212 Å². The van der Waals surface area contributed by atoms with Gasteiger partial charge in [0.1, 0.15) is 22.6 Å². The van der Waals surface area contributed by atoms with E-state index in [1.807, 2.05) is 193 Å². The second-order valence-electron chi connectivity index (χ2n) is 23.7. The van der Waals surface area contributed by atoms with Crippen molar-refractivity contribution in [2.75, 3.05) is 9.80 Å². The quantitative estimate of drug-likeness (QED) is 0.103. The number of fused-ring (bicyclic) bond motifs is 4. The number of benzene rings is 8. The number of amides is 2. The summed E-state index contributed by atoms with van der Waals surface area (Å²) in [7, 11) is 0. The molecule has 2 aliphatic rings. The first-order valence-corrected chi connectivity index (χ1v) is 30.3. The Morgan fingerprint density at radius 1 is 0.477 bits per heavy atom. The van der Waals surface area contributed by atoms with Gasteiger partial charge in [0.2, 0.25) is 12.6 Å². The highest BCUT2D eigenvalue weighted by molar-refractivity contribution is 14.1. The largest absolute Gasteiger partial charge is 0.443 e. The maximum absolute atomic E-state index is 13.2. The van der Waals surface area contributed by atoms with Crippen LogP contribution in [0.5, 0.6) is 0 Å². The minimum atomic E-state index is -0.596. The Kier molecular flexibility index (Phi) is 21.2. The van der Waals surface area contributed by atoms with Gasteiger partial charge < -0.3 is 28.4 Å². The highest BCUT2D eigenvalue weighted by atomic mass is 127. The molecule has 2 unspecified atom stereocenters. The van der Waals surface area contributed by atoms with Gasteiger partial charge in [-0.2, -0.15) is 0 Å². The second kappa shape index (κ2) is 29.1. The van der Waals surface area contributed by atoms with Gasteiger partial charge >= 0.3 is 12.2 Å². The standard InChI is InChI=1S/C37H36N2O4.C19H17NO2.C18H20INO2.CH4/c1-25-18-27(23-41-35-34-31(24-42-35)21-29-12-8-9-13-33(29)38-34)20-30(19-25)28-14-16-32(17-15-28)39(36(40)43-37(2,3)4)22-26-10-6-5-7-11-26;1-13-5-4-6-14(9-13)11-21-19-18-16(12-22-19)10-15-7-2-3-8-17(15)20-18;1-18(2,3)22-17(21)20(13-14-7-5-4-6-8-14)16-11-9-15(19)10-12-16;/h5-21,35H,22-24H2,1-4H3;2-10,19H,11-12H2,1H3;4-12H,13H2,1-3H3;1H4. The summed E-state index contributed by atoms with van der Waals surface area (Å²) in [6, 6.07) is 71.0. The number of carbonyl (C=O) groups excluding carboxylic acids is 2. The molecule has 0 N–H and O–H groups in total. The lowest BCUT2D eigenvalue weighted by Gasteiger charge is -2.27. The number of aryl methyl sites for hydroxylation is 2. The average Bonchev–Trinajstić information content (AvgIpc) is 2.61. The Labute approximate surface area is 531 Å². The van der Waals surface area contributed by atoms with Crippen molar-refractivity contribution < 1.29 is 38.0 Å². The summed E-state index contributed by atoms with van der Waals surface area (Å²) >= 11 is 2.25. The van der Waals surface area contributed by atoms with Gasteiger partial charge in [-0.25, -0.2) is 19.6 Å². The van der Waals surface area contributed by atoms with Crippen LogP contribution in [0.25, 0.3) is 32.9 Å². The topological polar surface area (TPSA) is 122 Å². The number of aromatic nitrogens is 2. The number of anilines is 2. The fourth-order valence-electron chi connectivity index (χ4n) is 10.1. The van der Waals surface area contributed by atoms with Gasteiger partial charge in [0.05, 0.1) is 50.6 Å². The summed E-state index contributed by atoms with van der Waals surface area (Å²) in [6.07, 6.45) is -1.58. The molecular formula is C75H77IN4O8. The van der Waals surface area contributed by atoms with Gasteiger partial charge in [-0.3, -0.25) is 9.80 Å². The van der Waals surface area contributed by atoms with Crippen molar-refractivity contribution in [2.45, 2.75) is 126 Å². The molecule has 8 aromatic carbocycles. The number of rotatable bonds is 13. The molecule has 10 aromatic rings. The Morgan fingerprint density at radius 3 is 1.39 bits per heavy atom. The number of ether oxygens (including phenoxy) is 6. The zero-order valence-corrected chi connectivity index (χ0v) is 52.7. The van der Waals surface area contributed by atoms with Crippen LogP contribution in [0.1, 0.15) is 117 Å². The number of pyridine rings is 2. The van der Waals surface area contributed by atoms with E-state index >= 15 is 0 Å². The van der Waals surface area contributed by atoms with E-state index in [4.69, 9.17) is 38.4 Å². The zero-order valence-electron chi connectivity index (χ0n) is 50.5. The van der Waals surface area contributed by atoms with E-state index < -0.39 is 17.5 Å². The molecule has 13 heteroatoms. The van der Waals surface area contributed by atoms with Crippen LogP contribution in [0.3, 0.4) is 0 Å². The highest BCUT2D eigenvalue weighted by Crippen LogP contribution is 2.36. The molecule has 2 amide bonds. The van der Waals surface area contributed by atoms with Crippen LogP contribution >= 0.6 is 22.6 Å². The van der Waals surface area contributed by atoms with E-state index in [1.165, 1.54) is 5.56 Å². The van der Waals surface area contributed by atoms with E-state index in [-0.39, 0.29) is 25.9 Å². The summed E-state index contributed by atoms with van der Waals surface area (Å²) < 4.78 is 36.3. The molecule has 2 atom stereocenters. The molecule has 0 saturated carbocycles. The Hall–Kier alpha value is -8.31. The third-order valence-corrected chi connectivity index (χ3v) is 14.9. The molecule has 0 aliphatic carbocycles. The van der Waals surface area contributed by atoms with Crippen LogP contribution in [0.4, 0.5) is 21.0 Å². The maximum atomic E-state index is 13.2. The molecule has 0 radical (unpaired) electrons. The zero-order chi connectivity index (χ0) is 61.1. The third kappa shape index (κ3) is 17.5. The van der Waals surface area contributed by atoms with E-state index in [9.17, 15) is 9.59 Å². The molecular weight excluding hydrogens is 1210 g/mol. The molecule has 12 rings (SSSR count). The lowest BCUT2D eigenvalue weighted by Crippen LogP contribution is -2.36. The number of hydrogen-bond acceptors (Lipinski definition) is 10. The van der Waals surface area contributed by atoms with Crippen molar-refractivity contribution in [3.05, 3.63) is 272 Å². The highest BCUT2D eigenvalue weighted by Gasteiger charge is 2.29. The molecule has 0 bridgehead atoms. The summed E-state index contributed by atoms with van der Waals surface area (Å²) in [4.78, 5) is 38.6. The van der Waals surface area contributed by atoms with Crippen molar-refractivity contribution in [3.8, 4) is 11.1 Å². The normalized spacial score (nSPS) is 14.1. The molecule has 452 valence electrons. The fourth-order valence-corrected chi connectivity index (χ4v) is 10.5. The van der Waals surface area contributed by atoms with E-state index in [0.717, 1.165) is 98.2 Å². The SMILES string of the molecule is C.CC(C)(C)OC(=O)N(Cc1ccccc1)c1ccc(I)cc1.Cc1cc(COC2OCc3cc4ccccc4nc32)cc(-c2ccc(N(Cc3ccccc3)C(=O)OC(C)(C)C)cc2)c1.Cc1cccc(COC2OCc3cc4ccccc4nc32)c1. The lowest BCUT2D eigenvalue weighted by molar-refractivity contribution is -0.147. The predicted octanol–water partition coefficient (Wildman–Crippen LogP) is 19.1. The average molecular weight is 1290 g/mol. The fraction of sp³-hybridized carbons (Fsp3) is 0.253. The molecule has 88 heavy (non-hydrogen) atoms. The molecule has 0 saturated heterocycles. The molecule has 12 nitrogen and oxygen atoms in total. The Morgan fingerprint density at radius 2 is 0.909 bits per heavy atom. The van der Waals surface area contributed by atoms with Crippen molar-refractivity contribution in [1.82, 2.24) is 9.97 Å². The number of hydrogen-bond donors (Lipinski definition) is 0. The van der Waals surface area contributed by atoms with Gasteiger partial charge in [0.15, 0.2) is 0 Å². The second-order valence-corrected chi connectivity index (χ2v) is 24.9. The van der Waals surface area contributed by atoms with Gasteiger partial charge in [-0.05, 0) is 178 Å². The molecule has 2 aliphatic heterocycles. The van der Waals surface area contributed by atoms with E-state index in [2.05, 4.69) is 97.1 Å². The number of carbonyl (C=O) groups is 2. The maximum Gasteiger partial charge on any atom is 0.415 e. The number of para-hydroxylation sites is 2. The van der Waals surface area contributed by atoms with E-state index in [0.29, 0.717) is 39.5 Å². The summed E-state index contributed by atoms with van der Waals surface area (Å²) in [6.45, 7) is 18.3. The summed E-state index contributed by atoms with van der Waals surface area (Å²) in [5, 5.41) is 2.25. The first-order chi connectivity index (χ1) is 41.9. The van der Waals surface area contributed by atoms with Crippen LogP contribution in [0, 0.1) is 17.4 Å². The molecule has 4 heterocycles. The monoisotopic (exact) mass is 1290 g/mol. The van der Waals surface area contributed by atoms with Gasteiger partial charge in [0.25, 0.3) is 0 Å². The first kappa shape index (κ1) is 64.2. The van der Waals surface area contributed by atoms with Crippen LogP contribution in [-0.2, 0) is 67.9 Å². The van der Waals surface area contributed by atoms with Crippen molar-refractivity contribution in [1.29, 1.82) is 0 Å². The Bertz CT molecular complexity index is 3960.